The van der Waals surface area contributed by atoms with Crippen LogP contribution < -0.4 is 5.32 Å². The van der Waals surface area contributed by atoms with Gasteiger partial charge in [0.1, 0.15) is 0 Å². The number of rotatable bonds is 6. The maximum absolute atomic E-state index is 5.79. The molecule has 1 aliphatic rings. The van der Waals surface area contributed by atoms with E-state index in [1.54, 1.807) is 6.20 Å². The lowest BCUT2D eigenvalue weighted by atomic mass is 10.0. The molecule has 0 amide bonds. The smallest absolute Gasteiger partial charge is 0.170 e. The summed E-state index contributed by atoms with van der Waals surface area (Å²) in [6.07, 6.45) is 11.3. The first-order valence-electron chi connectivity index (χ1n) is 10.2. The molecule has 4 aromatic rings. The van der Waals surface area contributed by atoms with E-state index in [0.717, 1.165) is 28.5 Å². The van der Waals surface area contributed by atoms with Gasteiger partial charge in [-0.05, 0) is 65.8 Å². The standard InChI is InChI=1S/C24H22N6S/c31-24-28-22(20-6-1-2-11-27-20)23(30(24)17-18-8-12-25-13-9-18)21-7-4-14-29(21)16-19-5-3-10-26-15-19/h1-15,22-23H,16-17H2,(H,28,31). The van der Waals surface area contributed by atoms with Crippen LogP contribution in [-0.4, -0.2) is 29.5 Å². The highest BCUT2D eigenvalue weighted by Gasteiger charge is 2.41. The zero-order valence-electron chi connectivity index (χ0n) is 16.9. The van der Waals surface area contributed by atoms with E-state index in [-0.39, 0.29) is 12.1 Å². The van der Waals surface area contributed by atoms with Crippen molar-refractivity contribution < 1.29 is 0 Å². The van der Waals surface area contributed by atoms with Crippen LogP contribution in [-0.2, 0) is 13.1 Å². The normalized spacial score (nSPS) is 18.2. The van der Waals surface area contributed by atoms with Crippen molar-refractivity contribution >= 4 is 17.3 Å². The van der Waals surface area contributed by atoms with Crippen LogP contribution in [0.5, 0.6) is 0 Å². The molecular formula is C24H22N6S. The molecule has 1 aliphatic heterocycles. The minimum Gasteiger partial charge on any atom is -0.352 e. The van der Waals surface area contributed by atoms with Crippen LogP contribution in [0.1, 0.15) is 34.6 Å². The Morgan fingerprint density at radius 1 is 0.839 bits per heavy atom. The largest absolute Gasteiger partial charge is 0.352 e. The predicted octanol–water partition coefficient (Wildman–Crippen LogP) is 3.89. The van der Waals surface area contributed by atoms with Crippen LogP contribution in [0.2, 0.25) is 0 Å². The number of hydrogen-bond donors (Lipinski definition) is 1. The zero-order chi connectivity index (χ0) is 21.0. The molecule has 0 spiro atoms. The summed E-state index contributed by atoms with van der Waals surface area (Å²) in [5.74, 6) is 0. The highest BCUT2D eigenvalue weighted by Crippen LogP contribution is 2.39. The SMILES string of the molecule is S=C1NC(c2ccccn2)C(c2cccn2Cc2cccnc2)N1Cc1ccncc1. The highest BCUT2D eigenvalue weighted by molar-refractivity contribution is 7.80. The Hall–Kier alpha value is -3.58. The second-order valence-corrected chi connectivity index (χ2v) is 7.92. The van der Waals surface area contributed by atoms with Crippen LogP contribution in [0.3, 0.4) is 0 Å². The van der Waals surface area contributed by atoms with Crippen LogP contribution in [0, 0.1) is 0 Å². The van der Waals surface area contributed by atoms with Gasteiger partial charge in [-0.3, -0.25) is 15.0 Å². The summed E-state index contributed by atoms with van der Waals surface area (Å²) < 4.78 is 2.27. The maximum atomic E-state index is 5.79. The Bertz CT molecular complexity index is 1150. The summed E-state index contributed by atoms with van der Waals surface area (Å²) in [7, 11) is 0. The molecule has 0 bridgehead atoms. The second-order valence-electron chi connectivity index (χ2n) is 7.53. The quantitative estimate of drug-likeness (QED) is 0.472. The molecule has 1 N–H and O–H groups in total. The van der Waals surface area contributed by atoms with Gasteiger partial charge in [-0.25, -0.2) is 0 Å². The average Bonchev–Trinajstić information content (AvgIpc) is 3.40. The molecule has 1 saturated heterocycles. The molecule has 154 valence electrons. The fraction of sp³-hybridized carbons (Fsp3) is 0.167. The van der Waals surface area contributed by atoms with Gasteiger partial charge in [0.2, 0.25) is 0 Å². The lowest BCUT2D eigenvalue weighted by molar-refractivity contribution is 0.298. The fourth-order valence-electron chi connectivity index (χ4n) is 4.11. The third kappa shape index (κ3) is 4.04. The molecule has 7 heteroatoms. The van der Waals surface area contributed by atoms with Crippen molar-refractivity contribution in [3.63, 3.8) is 0 Å². The predicted molar refractivity (Wildman–Crippen MR) is 123 cm³/mol. The summed E-state index contributed by atoms with van der Waals surface area (Å²) >= 11 is 5.79. The first-order chi connectivity index (χ1) is 15.3. The average molecular weight is 427 g/mol. The van der Waals surface area contributed by atoms with Crippen molar-refractivity contribution in [2.24, 2.45) is 0 Å². The first kappa shape index (κ1) is 19.4. The van der Waals surface area contributed by atoms with Crippen LogP contribution in [0.25, 0.3) is 0 Å². The van der Waals surface area contributed by atoms with Crippen molar-refractivity contribution in [1.29, 1.82) is 0 Å². The third-order valence-electron chi connectivity index (χ3n) is 5.54. The Kier molecular flexibility index (Phi) is 5.41. The zero-order valence-corrected chi connectivity index (χ0v) is 17.7. The molecule has 31 heavy (non-hydrogen) atoms. The van der Waals surface area contributed by atoms with Gasteiger partial charge in [0, 0.05) is 56.0 Å². The summed E-state index contributed by atoms with van der Waals surface area (Å²) in [5.41, 5.74) is 4.47. The van der Waals surface area contributed by atoms with Gasteiger partial charge in [-0.15, -0.1) is 0 Å². The minimum atomic E-state index is -0.0434. The Balaban J connectivity index is 1.54. The van der Waals surface area contributed by atoms with Crippen molar-refractivity contribution in [1.82, 2.24) is 29.7 Å². The minimum absolute atomic E-state index is 0.00207. The molecule has 0 saturated carbocycles. The second kappa shape index (κ2) is 8.65. The Morgan fingerprint density at radius 3 is 2.52 bits per heavy atom. The van der Waals surface area contributed by atoms with E-state index in [0.29, 0.717) is 6.54 Å². The van der Waals surface area contributed by atoms with Crippen molar-refractivity contribution in [2.75, 3.05) is 0 Å². The number of hydrogen-bond acceptors (Lipinski definition) is 4. The third-order valence-corrected chi connectivity index (χ3v) is 5.90. The van der Waals surface area contributed by atoms with Gasteiger partial charge in [0.05, 0.1) is 17.8 Å². The van der Waals surface area contributed by atoms with Crippen molar-refractivity contribution in [2.45, 2.75) is 25.2 Å². The molecule has 6 nitrogen and oxygen atoms in total. The molecule has 0 aromatic carbocycles. The van der Waals surface area contributed by atoms with E-state index in [9.17, 15) is 0 Å². The number of aromatic nitrogens is 4. The lowest BCUT2D eigenvalue weighted by Crippen LogP contribution is -2.30. The summed E-state index contributed by atoms with van der Waals surface area (Å²) in [5, 5.41) is 4.25. The number of nitrogens with one attached hydrogen (secondary N) is 1. The van der Waals surface area contributed by atoms with Gasteiger partial charge in [-0.1, -0.05) is 12.1 Å². The van der Waals surface area contributed by atoms with Crippen LogP contribution in [0.15, 0.2) is 91.8 Å². The maximum Gasteiger partial charge on any atom is 0.170 e. The van der Waals surface area contributed by atoms with Gasteiger partial charge in [0.25, 0.3) is 0 Å². The van der Waals surface area contributed by atoms with Gasteiger partial charge < -0.3 is 14.8 Å². The fourth-order valence-corrected chi connectivity index (χ4v) is 4.42. The van der Waals surface area contributed by atoms with Crippen molar-refractivity contribution in [3.8, 4) is 0 Å². The lowest BCUT2D eigenvalue weighted by Gasteiger charge is -2.29. The van der Waals surface area contributed by atoms with E-state index in [1.807, 2.05) is 55.1 Å². The van der Waals surface area contributed by atoms with E-state index in [1.165, 1.54) is 5.69 Å². The summed E-state index contributed by atoms with van der Waals surface area (Å²) in [4.78, 5) is 15.3. The highest BCUT2D eigenvalue weighted by atomic mass is 32.1. The first-order valence-corrected chi connectivity index (χ1v) is 10.6. The van der Waals surface area contributed by atoms with Gasteiger partial charge in [-0.2, -0.15) is 0 Å². The molecule has 0 radical (unpaired) electrons. The van der Waals surface area contributed by atoms with Crippen molar-refractivity contribution in [3.05, 3.63) is 114 Å². The molecule has 2 unspecified atom stereocenters. The molecule has 0 aliphatic carbocycles. The Morgan fingerprint density at radius 2 is 1.74 bits per heavy atom. The van der Waals surface area contributed by atoms with E-state index < -0.39 is 0 Å². The number of nitrogens with zero attached hydrogens (tertiary/aromatic N) is 5. The summed E-state index contributed by atoms with van der Waals surface area (Å²) in [6, 6.07) is 18.4. The summed E-state index contributed by atoms with van der Waals surface area (Å²) in [6.45, 7) is 1.44. The number of pyridine rings is 3. The monoisotopic (exact) mass is 426 g/mol. The van der Waals surface area contributed by atoms with E-state index in [4.69, 9.17) is 12.2 Å². The van der Waals surface area contributed by atoms with Crippen LogP contribution >= 0.6 is 12.2 Å². The molecule has 5 rings (SSSR count). The van der Waals surface area contributed by atoms with Gasteiger partial charge >= 0.3 is 0 Å². The van der Waals surface area contributed by atoms with Crippen LogP contribution in [0.4, 0.5) is 0 Å². The topological polar surface area (TPSA) is 58.9 Å². The Labute approximate surface area is 186 Å². The molecule has 5 heterocycles. The van der Waals surface area contributed by atoms with Gasteiger partial charge in [0.15, 0.2) is 5.11 Å². The van der Waals surface area contributed by atoms with E-state index >= 15 is 0 Å². The molecular weight excluding hydrogens is 404 g/mol. The number of thiocarbonyl (C=S) groups is 1. The molecule has 4 aromatic heterocycles. The molecule has 2 atom stereocenters. The van der Waals surface area contributed by atoms with E-state index in [2.05, 4.69) is 60.2 Å². The molecule has 1 fully saturated rings.